The summed E-state index contributed by atoms with van der Waals surface area (Å²) in [7, 11) is 2.49. The predicted octanol–water partition coefficient (Wildman–Crippen LogP) is -0.451. The van der Waals surface area contributed by atoms with Gasteiger partial charge in [0, 0.05) is 13.6 Å². The minimum absolute atomic E-state index is 0.155. The maximum absolute atomic E-state index is 11.6. The summed E-state index contributed by atoms with van der Waals surface area (Å²) in [6.45, 7) is 1.90. The Labute approximate surface area is 93.3 Å². The average molecular weight is 237 g/mol. The van der Waals surface area contributed by atoms with E-state index in [2.05, 4.69) is 0 Å². The smallest absolute Gasteiger partial charge is 0.213 e. The van der Waals surface area contributed by atoms with E-state index >= 15 is 0 Å². The molecule has 0 aliphatic heterocycles. The Kier molecular flexibility index (Phi) is 7.08. The lowest BCUT2D eigenvalue weighted by atomic mass is 10.4. The number of hydrogen-bond donors (Lipinski definition) is 1. The van der Waals surface area contributed by atoms with Gasteiger partial charge in [-0.2, -0.15) is 0 Å². The maximum Gasteiger partial charge on any atom is 0.213 e. The summed E-state index contributed by atoms with van der Waals surface area (Å²) < 4.78 is 24.7. The molecule has 2 N–H and O–H groups in total. The number of sulfonamides is 1. The number of rotatable bonds is 8. The quantitative estimate of drug-likeness (QED) is 0.621. The van der Waals surface area contributed by atoms with E-state index in [4.69, 9.17) is 5.73 Å². The molecule has 15 heavy (non-hydrogen) atoms. The van der Waals surface area contributed by atoms with Crippen molar-refractivity contribution in [3.63, 3.8) is 0 Å². The second-order valence-corrected chi connectivity index (χ2v) is 6.13. The highest BCUT2D eigenvalue weighted by Crippen LogP contribution is 2.01. The summed E-state index contributed by atoms with van der Waals surface area (Å²) >= 11 is 0. The van der Waals surface area contributed by atoms with Crippen LogP contribution in [0, 0.1) is 0 Å². The zero-order chi connectivity index (χ0) is 11.9. The molecule has 0 aliphatic carbocycles. The van der Waals surface area contributed by atoms with Crippen LogP contribution in [0.15, 0.2) is 0 Å². The van der Waals surface area contributed by atoms with Gasteiger partial charge < -0.3 is 10.6 Å². The van der Waals surface area contributed by atoms with Crippen molar-refractivity contribution in [1.29, 1.82) is 0 Å². The molecule has 0 aromatic rings. The van der Waals surface area contributed by atoms with E-state index in [0.29, 0.717) is 19.5 Å². The van der Waals surface area contributed by atoms with Gasteiger partial charge in [-0.25, -0.2) is 12.7 Å². The standard InChI is InChI=1S/C9H23N3O2S/c1-11(2)7-5-8-12(3)15(13,14)9-4-6-10/h4-10H2,1-3H3. The molecule has 0 fully saturated rings. The zero-order valence-electron chi connectivity index (χ0n) is 9.94. The van der Waals surface area contributed by atoms with E-state index in [0.717, 1.165) is 13.0 Å². The van der Waals surface area contributed by atoms with Gasteiger partial charge in [-0.15, -0.1) is 0 Å². The second-order valence-electron chi connectivity index (χ2n) is 3.94. The van der Waals surface area contributed by atoms with E-state index in [1.165, 1.54) is 4.31 Å². The third kappa shape index (κ3) is 6.83. The maximum atomic E-state index is 11.6. The molecule has 0 unspecified atom stereocenters. The van der Waals surface area contributed by atoms with Gasteiger partial charge in [0.05, 0.1) is 5.75 Å². The number of nitrogens with zero attached hydrogens (tertiary/aromatic N) is 2. The van der Waals surface area contributed by atoms with Crippen LogP contribution in [0.5, 0.6) is 0 Å². The molecular weight excluding hydrogens is 214 g/mol. The Bertz CT molecular complexity index is 252. The molecular formula is C9H23N3O2S. The van der Waals surface area contributed by atoms with Gasteiger partial charge in [-0.05, 0) is 40.0 Å². The van der Waals surface area contributed by atoms with Crippen LogP contribution in [0.2, 0.25) is 0 Å². The van der Waals surface area contributed by atoms with Gasteiger partial charge in [0.25, 0.3) is 0 Å². The summed E-state index contributed by atoms with van der Waals surface area (Å²) in [5.41, 5.74) is 5.29. The lowest BCUT2D eigenvalue weighted by Crippen LogP contribution is -2.32. The monoisotopic (exact) mass is 237 g/mol. The average Bonchev–Trinajstić information content (AvgIpc) is 2.14. The van der Waals surface area contributed by atoms with Gasteiger partial charge in [-0.1, -0.05) is 0 Å². The Morgan fingerprint density at radius 1 is 1.07 bits per heavy atom. The first-order chi connectivity index (χ1) is 6.90. The van der Waals surface area contributed by atoms with Gasteiger partial charge in [0.1, 0.15) is 0 Å². The summed E-state index contributed by atoms with van der Waals surface area (Å²) in [5.74, 6) is 0.155. The molecule has 5 nitrogen and oxygen atoms in total. The Balaban J connectivity index is 3.91. The second kappa shape index (κ2) is 7.16. The van der Waals surface area contributed by atoms with Crippen molar-refractivity contribution in [2.75, 3.05) is 46.5 Å². The number of nitrogens with two attached hydrogens (primary N) is 1. The normalized spacial score (nSPS) is 12.7. The van der Waals surface area contributed by atoms with Crippen LogP contribution in [-0.2, 0) is 10.0 Å². The Morgan fingerprint density at radius 2 is 1.67 bits per heavy atom. The minimum Gasteiger partial charge on any atom is -0.330 e. The lowest BCUT2D eigenvalue weighted by Gasteiger charge is -2.18. The highest BCUT2D eigenvalue weighted by molar-refractivity contribution is 7.89. The SMILES string of the molecule is CN(C)CCCN(C)S(=O)(=O)CCCN. The summed E-state index contributed by atoms with van der Waals surface area (Å²) in [5, 5.41) is 0. The molecule has 0 spiro atoms. The van der Waals surface area contributed by atoms with Crippen molar-refractivity contribution in [3.05, 3.63) is 0 Å². The van der Waals surface area contributed by atoms with Crippen molar-refractivity contribution < 1.29 is 8.42 Å². The molecule has 0 aliphatic rings. The molecule has 0 atom stereocenters. The summed E-state index contributed by atoms with van der Waals surface area (Å²) in [4.78, 5) is 2.04. The molecule has 0 aromatic carbocycles. The van der Waals surface area contributed by atoms with Crippen molar-refractivity contribution >= 4 is 10.0 Å². The third-order valence-electron chi connectivity index (χ3n) is 2.16. The van der Waals surface area contributed by atoms with Gasteiger partial charge >= 0.3 is 0 Å². The Hall–Kier alpha value is -0.170. The van der Waals surface area contributed by atoms with E-state index in [1.807, 2.05) is 19.0 Å². The first-order valence-corrected chi connectivity index (χ1v) is 6.80. The largest absolute Gasteiger partial charge is 0.330 e. The van der Waals surface area contributed by atoms with Gasteiger partial charge in [-0.3, -0.25) is 0 Å². The summed E-state index contributed by atoms with van der Waals surface area (Å²) in [6, 6.07) is 0. The topological polar surface area (TPSA) is 66.6 Å². The van der Waals surface area contributed by atoms with Crippen LogP contribution in [0.25, 0.3) is 0 Å². The van der Waals surface area contributed by atoms with Crippen LogP contribution in [0.4, 0.5) is 0 Å². The molecule has 0 radical (unpaired) electrons. The van der Waals surface area contributed by atoms with Crippen molar-refractivity contribution in [2.45, 2.75) is 12.8 Å². The van der Waals surface area contributed by atoms with E-state index in [1.54, 1.807) is 7.05 Å². The minimum atomic E-state index is -3.09. The fourth-order valence-corrected chi connectivity index (χ4v) is 2.42. The first-order valence-electron chi connectivity index (χ1n) is 5.19. The molecule has 0 amide bonds. The van der Waals surface area contributed by atoms with Crippen LogP contribution >= 0.6 is 0 Å². The Morgan fingerprint density at radius 3 is 2.13 bits per heavy atom. The van der Waals surface area contributed by atoms with E-state index in [9.17, 15) is 8.42 Å². The van der Waals surface area contributed by atoms with Crippen LogP contribution in [0.3, 0.4) is 0 Å². The molecule has 0 aromatic heterocycles. The highest BCUT2D eigenvalue weighted by Gasteiger charge is 2.16. The number of hydrogen-bond acceptors (Lipinski definition) is 4. The van der Waals surface area contributed by atoms with Crippen molar-refractivity contribution in [2.24, 2.45) is 5.73 Å². The van der Waals surface area contributed by atoms with Crippen molar-refractivity contribution in [3.8, 4) is 0 Å². The molecule has 0 rings (SSSR count). The van der Waals surface area contributed by atoms with Crippen molar-refractivity contribution in [1.82, 2.24) is 9.21 Å². The molecule has 6 heteroatoms. The highest BCUT2D eigenvalue weighted by atomic mass is 32.2. The van der Waals surface area contributed by atoms with E-state index in [-0.39, 0.29) is 5.75 Å². The van der Waals surface area contributed by atoms with Gasteiger partial charge in [0.15, 0.2) is 0 Å². The fourth-order valence-electron chi connectivity index (χ4n) is 1.17. The van der Waals surface area contributed by atoms with E-state index < -0.39 is 10.0 Å². The fraction of sp³-hybridized carbons (Fsp3) is 1.00. The molecule has 0 heterocycles. The predicted molar refractivity (Wildman–Crippen MR) is 63.3 cm³/mol. The van der Waals surface area contributed by atoms with Gasteiger partial charge in [0.2, 0.25) is 10.0 Å². The zero-order valence-corrected chi connectivity index (χ0v) is 10.8. The first kappa shape index (κ1) is 14.8. The molecule has 0 bridgehead atoms. The van der Waals surface area contributed by atoms with Crippen LogP contribution in [0.1, 0.15) is 12.8 Å². The third-order valence-corrected chi connectivity index (χ3v) is 4.10. The lowest BCUT2D eigenvalue weighted by molar-refractivity contribution is 0.370. The van der Waals surface area contributed by atoms with Crippen LogP contribution < -0.4 is 5.73 Å². The summed E-state index contributed by atoms with van der Waals surface area (Å²) in [6.07, 6.45) is 1.38. The molecule has 0 saturated carbocycles. The van der Waals surface area contributed by atoms with Crippen LogP contribution in [-0.4, -0.2) is 64.2 Å². The molecule has 92 valence electrons. The molecule has 0 saturated heterocycles.